The molecule has 0 aromatic carbocycles. The van der Waals surface area contributed by atoms with Crippen molar-refractivity contribution >= 4 is 0 Å². The molecule has 62 valence electrons. The minimum Gasteiger partial charge on any atom is -0.0701 e. The highest BCUT2D eigenvalue weighted by atomic mass is 14.4. The van der Waals surface area contributed by atoms with Crippen molar-refractivity contribution in [2.75, 3.05) is 0 Å². The largest absolute Gasteiger partial charge is 0.0701 e. The lowest BCUT2D eigenvalue weighted by molar-refractivity contribution is 0.279. The molecular weight excluding hydrogens is 132 g/mol. The van der Waals surface area contributed by atoms with E-state index < -0.39 is 0 Å². The van der Waals surface area contributed by atoms with Crippen molar-refractivity contribution in [2.45, 2.75) is 46.0 Å². The van der Waals surface area contributed by atoms with Gasteiger partial charge in [-0.25, -0.2) is 0 Å². The van der Waals surface area contributed by atoms with Gasteiger partial charge in [0.2, 0.25) is 0 Å². The maximum atomic E-state index is 2.41. The second kappa shape index (κ2) is 2.66. The Morgan fingerprint density at radius 3 is 2.55 bits per heavy atom. The molecule has 0 heterocycles. The molecule has 0 nitrogen and oxygen atoms in total. The molecule has 0 heteroatoms. The van der Waals surface area contributed by atoms with Crippen LogP contribution in [0.15, 0.2) is 11.1 Å². The Bertz CT molecular complexity index is 182. The van der Waals surface area contributed by atoms with Crippen LogP contribution in [-0.2, 0) is 0 Å². The first-order valence-corrected chi connectivity index (χ1v) is 5.03. The highest BCUT2D eigenvalue weighted by Crippen LogP contribution is 2.49. The normalized spacial score (nSPS) is 35.5. The summed E-state index contributed by atoms with van der Waals surface area (Å²) in [5.41, 5.74) is 3.68. The Balaban J connectivity index is 1.99. The van der Waals surface area contributed by atoms with E-state index in [0.717, 1.165) is 11.8 Å². The van der Waals surface area contributed by atoms with E-state index in [2.05, 4.69) is 13.8 Å². The van der Waals surface area contributed by atoms with Crippen molar-refractivity contribution < 1.29 is 0 Å². The van der Waals surface area contributed by atoms with E-state index in [9.17, 15) is 0 Å². The van der Waals surface area contributed by atoms with Gasteiger partial charge in [-0.1, -0.05) is 31.4 Å². The standard InChI is InChI=1S/C11H18/c1-3-4-10-8(2)7-11(10)9-5-6-9/h8,10H,3-7H2,1-2H3. The van der Waals surface area contributed by atoms with Crippen LogP contribution >= 0.6 is 0 Å². The predicted octanol–water partition coefficient (Wildman–Crippen LogP) is 3.53. The summed E-state index contributed by atoms with van der Waals surface area (Å²) in [5.74, 6) is 2.00. The smallest absolute Gasteiger partial charge is 0.0172 e. The molecule has 2 aliphatic rings. The van der Waals surface area contributed by atoms with Crippen molar-refractivity contribution in [3.8, 4) is 0 Å². The molecule has 2 aliphatic carbocycles. The third kappa shape index (κ3) is 1.23. The fourth-order valence-electron chi connectivity index (χ4n) is 2.38. The van der Waals surface area contributed by atoms with Gasteiger partial charge in [0.05, 0.1) is 0 Å². The molecule has 0 aliphatic heterocycles. The van der Waals surface area contributed by atoms with Gasteiger partial charge in [-0.15, -0.1) is 0 Å². The van der Waals surface area contributed by atoms with Crippen LogP contribution < -0.4 is 0 Å². The monoisotopic (exact) mass is 150 g/mol. The van der Waals surface area contributed by atoms with Gasteiger partial charge in [0.15, 0.2) is 0 Å². The molecule has 0 saturated heterocycles. The van der Waals surface area contributed by atoms with E-state index in [1.807, 2.05) is 11.1 Å². The van der Waals surface area contributed by atoms with Crippen molar-refractivity contribution in [3.05, 3.63) is 11.1 Å². The van der Waals surface area contributed by atoms with Crippen LogP contribution in [0.1, 0.15) is 46.0 Å². The maximum Gasteiger partial charge on any atom is -0.0172 e. The quantitative estimate of drug-likeness (QED) is 0.528. The molecule has 0 bridgehead atoms. The Morgan fingerprint density at radius 2 is 2.09 bits per heavy atom. The first-order valence-electron chi connectivity index (χ1n) is 5.03. The highest BCUT2D eigenvalue weighted by Gasteiger charge is 2.35. The third-order valence-corrected chi connectivity index (χ3v) is 3.23. The van der Waals surface area contributed by atoms with Crippen molar-refractivity contribution in [2.24, 2.45) is 11.8 Å². The molecule has 2 saturated carbocycles. The van der Waals surface area contributed by atoms with Gasteiger partial charge in [-0.3, -0.25) is 0 Å². The second-order valence-corrected chi connectivity index (χ2v) is 4.21. The summed E-state index contributed by atoms with van der Waals surface area (Å²) in [6.07, 6.45) is 7.11. The zero-order valence-electron chi connectivity index (χ0n) is 7.69. The summed E-state index contributed by atoms with van der Waals surface area (Å²) in [6, 6.07) is 0. The van der Waals surface area contributed by atoms with Gasteiger partial charge in [0.1, 0.15) is 0 Å². The summed E-state index contributed by atoms with van der Waals surface area (Å²) >= 11 is 0. The predicted molar refractivity (Wildman–Crippen MR) is 48.4 cm³/mol. The molecule has 11 heavy (non-hydrogen) atoms. The van der Waals surface area contributed by atoms with Crippen LogP contribution in [0.25, 0.3) is 0 Å². The second-order valence-electron chi connectivity index (χ2n) is 4.21. The first-order chi connectivity index (χ1) is 5.33. The fourth-order valence-corrected chi connectivity index (χ4v) is 2.38. The zero-order chi connectivity index (χ0) is 7.84. The average molecular weight is 150 g/mol. The zero-order valence-corrected chi connectivity index (χ0v) is 7.69. The van der Waals surface area contributed by atoms with E-state index >= 15 is 0 Å². The topological polar surface area (TPSA) is 0 Å². The van der Waals surface area contributed by atoms with Crippen LogP contribution in [0.4, 0.5) is 0 Å². The van der Waals surface area contributed by atoms with Gasteiger partial charge in [-0.05, 0) is 37.5 Å². The van der Waals surface area contributed by atoms with Gasteiger partial charge < -0.3 is 0 Å². The Kier molecular flexibility index (Phi) is 1.78. The SMILES string of the molecule is CCCC1C(=C2CC2)CC1C. The highest BCUT2D eigenvalue weighted by molar-refractivity contribution is 5.32. The lowest BCUT2D eigenvalue weighted by Gasteiger charge is -2.37. The minimum absolute atomic E-state index is 0.998. The van der Waals surface area contributed by atoms with Crippen molar-refractivity contribution in [1.82, 2.24) is 0 Å². The molecule has 0 spiro atoms. The molecule has 0 N–H and O–H groups in total. The van der Waals surface area contributed by atoms with E-state index in [1.54, 1.807) is 0 Å². The molecule has 2 rings (SSSR count). The Hall–Kier alpha value is -0.260. The number of rotatable bonds is 2. The van der Waals surface area contributed by atoms with E-state index in [-0.39, 0.29) is 0 Å². The van der Waals surface area contributed by atoms with Crippen LogP contribution in [-0.4, -0.2) is 0 Å². The Morgan fingerprint density at radius 1 is 1.36 bits per heavy atom. The van der Waals surface area contributed by atoms with Crippen LogP contribution in [0.2, 0.25) is 0 Å². The molecule has 0 aromatic rings. The Labute approximate surface area is 69.7 Å². The molecule has 2 unspecified atom stereocenters. The van der Waals surface area contributed by atoms with E-state index in [1.165, 1.54) is 32.1 Å². The summed E-state index contributed by atoms with van der Waals surface area (Å²) in [6.45, 7) is 4.72. The minimum atomic E-state index is 0.998. The van der Waals surface area contributed by atoms with Crippen LogP contribution in [0, 0.1) is 11.8 Å². The van der Waals surface area contributed by atoms with Crippen molar-refractivity contribution in [1.29, 1.82) is 0 Å². The van der Waals surface area contributed by atoms with Crippen molar-refractivity contribution in [3.63, 3.8) is 0 Å². The fraction of sp³-hybridized carbons (Fsp3) is 0.818. The average Bonchev–Trinajstić information content (AvgIpc) is 2.78. The lowest BCUT2D eigenvalue weighted by atomic mass is 9.68. The van der Waals surface area contributed by atoms with Crippen LogP contribution in [0.5, 0.6) is 0 Å². The maximum absolute atomic E-state index is 2.41. The molecule has 2 fully saturated rings. The third-order valence-electron chi connectivity index (χ3n) is 3.23. The van der Waals surface area contributed by atoms with E-state index in [0.29, 0.717) is 0 Å². The molecule has 2 atom stereocenters. The molecule has 0 radical (unpaired) electrons. The first kappa shape index (κ1) is 7.39. The number of hydrogen-bond donors (Lipinski definition) is 0. The van der Waals surface area contributed by atoms with E-state index in [4.69, 9.17) is 0 Å². The summed E-state index contributed by atoms with van der Waals surface area (Å²) < 4.78 is 0. The van der Waals surface area contributed by atoms with Gasteiger partial charge in [0.25, 0.3) is 0 Å². The summed E-state index contributed by atoms with van der Waals surface area (Å²) in [7, 11) is 0. The van der Waals surface area contributed by atoms with Gasteiger partial charge in [-0.2, -0.15) is 0 Å². The lowest BCUT2D eigenvalue weighted by Crippen LogP contribution is -2.26. The number of hydrogen-bond acceptors (Lipinski definition) is 0. The summed E-state index contributed by atoms with van der Waals surface area (Å²) in [4.78, 5) is 0. The molecule has 0 aromatic heterocycles. The van der Waals surface area contributed by atoms with Gasteiger partial charge >= 0.3 is 0 Å². The van der Waals surface area contributed by atoms with Crippen LogP contribution in [0.3, 0.4) is 0 Å². The number of allylic oxidation sites excluding steroid dienone is 2. The summed E-state index contributed by atoms with van der Waals surface area (Å²) in [5, 5.41) is 0. The molecule has 0 amide bonds. The van der Waals surface area contributed by atoms with Gasteiger partial charge in [0, 0.05) is 0 Å². The molecular formula is C11H18.